The van der Waals surface area contributed by atoms with E-state index in [1.54, 1.807) is 0 Å². The molecule has 57 heavy (non-hydrogen) atoms. The van der Waals surface area contributed by atoms with Crippen molar-refractivity contribution in [2.24, 2.45) is 0 Å². The van der Waals surface area contributed by atoms with Gasteiger partial charge in [-0.15, -0.1) is 0 Å². The Balaban J connectivity index is 1.13. The zero-order valence-corrected chi connectivity index (χ0v) is 31.2. The van der Waals surface area contributed by atoms with Gasteiger partial charge in [-0.05, 0) is 80.9 Å². The Labute approximate surface area is 332 Å². The molecular weight excluding hydrogens is 691 g/mol. The Kier molecular flexibility index (Phi) is 7.75. The minimum absolute atomic E-state index is 0.498. The zero-order chi connectivity index (χ0) is 37.8. The lowest BCUT2D eigenvalue weighted by atomic mass is 9.68. The molecule has 1 aromatic heterocycles. The van der Waals surface area contributed by atoms with Crippen LogP contribution in [-0.4, -0.2) is 0 Å². The summed E-state index contributed by atoms with van der Waals surface area (Å²) in [5.74, 6) is 0. The highest BCUT2D eigenvalue weighted by molar-refractivity contribution is 6.09. The first-order chi connectivity index (χ1) is 28.3. The van der Waals surface area contributed by atoms with E-state index in [9.17, 15) is 0 Å². The topological polar surface area (TPSA) is 16.4 Å². The second kappa shape index (κ2) is 13.4. The second-order valence-corrected chi connectivity index (χ2v) is 14.8. The van der Waals surface area contributed by atoms with Gasteiger partial charge < -0.3 is 9.32 Å². The summed E-state index contributed by atoms with van der Waals surface area (Å²) in [7, 11) is 0. The number of hydrogen-bond acceptors (Lipinski definition) is 2. The first-order valence-corrected chi connectivity index (χ1v) is 19.6. The van der Waals surface area contributed by atoms with Crippen LogP contribution in [0.3, 0.4) is 0 Å². The number of nitrogens with zero attached hydrogens (tertiary/aromatic N) is 1. The van der Waals surface area contributed by atoms with Gasteiger partial charge in [0.25, 0.3) is 0 Å². The minimum Gasteiger partial charge on any atom is -0.455 e. The average molecular weight is 728 g/mol. The van der Waals surface area contributed by atoms with Crippen LogP contribution in [-0.2, 0) is 5.41 Å². The molecule has 1 aliphatic rings. The van der Waals surface area contributed by atoms with Crippen molar-refractivity contribution < 1.29 is 4.42 Å². The Hall–Kier alpha value is -7.42. The van der Waals surface area contributed by atoms with Gasteiger partial charge >= 0.3 is 0 Å². The normalized spacial score (nSPS) is 12.7. The van der Waals surface area contributed by atoms with Gasteiger partial charge in [0.2, 0.25) is 0 Å². The molecule has 0 unspecified atom stereocenters. The van der Waals surface area contributed by atoms with Crippen molar-refractivity contribution in [3.63, 3.8) is 0 Å². The van der Waals surface area contributed by atoms with Gasteiger partial charge in [0.1, 0.15) is 11.2 Å². The molecule has 0 N–H and O–H groups in total. The molecule has 268 valence electrons. The van der Waals surface area contributed by atoms with Crippen LogP contribution in [0.1, 0.15) is 22.3 Å². The predicted octanol–water partition coefficient (Wildman–Crippen LogP) is 14.8. The first kappa shape index (κ1) is 33.0. The van der Waals surface area contributed by atoms with Gasteiger partial charge in [-0.3, -0.25) is 0 Å². The number of para-hydroxylation sites is 2. The number of fused-ring (bicyclic) bond motifs is 6. The highest BCUT2D eigenvalue weighted by Gasteiger charge is 2.47. The van der Waals surface area contributed by atoms with Crippen LogP contribution >= 0.6 is 0 Å². The molecular formula is C55H37NO. The summed E-state index contributed by atoms with van der Waals surface area (Å²) in [5, 5.41) is 2.27. The van der Waals surface area contributed by atoms with Crippen LogP contribution in [0.2, 0.25) is 0 Å². The molecule has 1 aliphatic carbocycles. The third kappa shape index (κ3) is 5.18. The van der Waals surface area contributed by atoms with E-state index in [1.165, 1.54) is 44.5 Å². The van der Waals surface area contributed by atoms with E-state index in [0.717, 1.165) is 50.1 Å². The Morgan fingerprint density at radius 2 is 0.860 bits per heavy atom. The summed E-state index contributed by atoms with van der Waals surface area (Å²) in [4.78, 5) is 2.43. The summed E-state index contributed by atoms with van der Waals surface area (Å²) >= 11 is 0. The molecule has 1 heterocycles. The van der Waals surface area contributed by atoms with Crippen molar-refractivity contribution in [1.29, 1.82) is 0 Å². The highest BCUT2D eigenvalue weighted by atomic mass is 16.3. The van der Waals surface area contributed by atoms with Gasteiger partial charge in [0, 0.05) is 33.3 Å². The third-order valence-electron chi connectivity index (χ3n) is 11.8. The van der Waals surface area contributed by atoms with Crippen molar-refractivity contribution >= 4 is 39.0 Å². The lowest BCUT2D eigenvalue weighted by Gasteiger charge is -2.34. The smallest absolute Gasteiger partial charge is 0.143 e. The highest BCUT2D eigenvalue weighted by Crippen LogP contribution is 2.59. The quantitative estimate of drug-likeness (QED) is 0.163. The number of benzene rings is 9. The van der Waals surface area contributed by atoms with Gasteiger partial charge in [-0.25, -0.2) is 0 Å². The van der Waals surface area contributed by atoms with Crippen molar-refractivity contribution in [1.82, 2.24) is 0 Å². The molecule has 0 spiro atoms. The Bertz CT molecular complexity index is 3000. The molecule has 0 atom stereocenters. The fourth-order valence-electron chi connectivity index (χ4n) is 9.29. The maximum absolute atomic E-state index is 6.47. The van der Waals surface area contributed by atoms with Gasteiger partial charge in [-0.2, -0.15) is 0 Å². The van der Waals surface area contributed by atoms with Crippen LogP contribution in [0.15, 0.2) is 229 Å². The first-order valence-electron chi connectivity index (χ1n) is 19.6. The van der Waals surface area contributed by atoms with E-state index < -0.39 is 5.41 Å². The largest absolute Gasteiger partial charge is 0.455 e. The maximum Gasteiger partial charge on any atom is 0.143 e. The number of furan rings is 1. The van der Waals surface area contributed by atoms with E-state index in [4.69, 9.17) is 4.42 Å². The van der Waals surface area contributed by atoms with Crippen LogP contribution in [0.4, 0.5) is 17.1 Å². The number of anilines is 3. The molecule has 11 rings (SSSR count). The lowest BCUT2D eigenvalue weighted by Crippen LogP contribution is -2.28. The molecule has 0 saturated carbocycles. The summed E-state index contributed by atoms with van der Waals surface area (Å²) in [5.41, 5.74) is 16.7. The Morgan fingerprint density at radius 1 is 0.351 bits per heavy atom. The standard InChI is InChI=1S/C55H37NO/c1-4-16-38(17-5-1)39-30-34-43(35-31-39)56(44-36-32-40(33-37-44)45-24-14-25-47-46-22-11-13-29-52(46)57-54(45)47)51-28-15-27-50-53(51)48-23-10-12-26-49(48)55(50,41-18-6-2-7-19-41)42-20-8-3-9-21-42/h1-37H. The molecule has 2 heteroatoms. The van der Waals surface area contributed by atoms with Crippen LogP contribution in [0.5, 0.6) is 0 Å². The fraction of sp³-hybridized carbons (Fsp3) is 0.0182. The van der Waals surface area contributed by atoms with Crippen molar-refractivity contribution in [3.8, 4) is 33.4 Å². The van der Waals surface area contributed by atoms with Crippen molar-refractivity contribution in [2.45, 2.75) is 5.41 Å². The summed E-state index contributed by atoms with van der Waals surface area (Å²) in [6, 6.07) is 81.2. The minimum atomic E-state index is -0.498. The van der Waals surface area contributed by atoms with Gasteiger partial charge in [-0.1, -0.05) is 188 Å². The molecule has 0 fully saturated rings. The summed E-state index contributed by atoms with van der Waals surface area (Å²) in [6.45, 7) is 0. The summed E-state index contributed by atoms with van der Waals surface area (Å²) in [6.07, 6.45) is 0. The second-order valence-electron chi connectivity index (χ2n) is 14.8. The molecule has 0 radical (unpaired) electrons. The Morgan fingerprint density at radius 3 is 1.56 bits per heavy atom. The number of hydrogen-bond donors (Lipinski definition) is 0. The van der Waals surface area contributed by atoms with E-state index >= 15 is 0 Å². The molecule has 10 aromatic rings. The molecule has 0 bridgehead atoms. The van der Waals surface area contributed by atoms with Crippen LogP contribution < -0.4 is 4.90 Å². The fourth-order valence-corrected chi connectivity index (χ4v) is 9.29. The van der Waals surface area contributed by atoms with Gasteiger partial charge in [0.15, 0.2) is 0 Å². The maximum atomic E-state index is 6.47. The predicted molar refractivity (Wildman–Crippen MR) is 237 cm³/mol. The van der Waals surface area contributed by atoms with Crippen molar-refractivity contribution in [3.05, 3.63) is 247 Å². The third-order valence-corrected chi connectivity index (χ3v) is 11.8. The SMILES string of the molecule is c1ccc(-c2ccc(N(c3ccc(-c4cccc5c4oc4ccccc45)cc3)c3cccc4c3-c3ccccc3C4(c3ccccc3)c3ccccc3)cc2)cc1. The average Bonchev–Trinajstić information content (AvgIpc) is 3.83. The van der Waals surface area contributed by atoms with E-state index in [-0.39, 0.29) is 0 Å². The monoisotopic (exact) mass is 727 g/mol. The lowest BCUT2D eigenvalue weighted by molar-refractivity contribution is 0.670. The van der Waals surface area contributed by atoms with Crippen LogP contribution in [0, 0.1) is 0 Å². The van der Waals surface area contributed by atoms with Crippen molar-refractivity contribution in [2.75, 3.05) is 4.90 Å². The molecule has 2 nitrogen and oxygen atoms in total. The van der Waals surface area contributed by atoms with Gasteiger partial charge in [0.05, 0.1) is 11.1 Å². The van der Waals surface area contributed by atoms with Crippen LogP contribution in [0.25, 0.3) is 55.3 Å². The molecule has 9 aromatic carbocycles. The zero-order valence-electron chi connectivity index (χ0n) is 31.2. The molecule has 0 amide bonds. The van der Waals surface area contributed by atoms with E-state index in [0.29, 0.717) is 0 Å². The van der Waals surface area contributed by atoms with E-state index in [1.807, 2.05) is 12.1 Å². The summed E-state index contributed by atoms with van der Waals surface area (Å²) < 4.78 is 6.47. The molecule has 0 aliphatic heterocycles. The van der Waals surface area contributed by atoms with E-state index in [2.05, 4.69) is 217 Å². The molecule has 0 saturated heterocycles. The number of rotatable bonds is 7.